The molecular weight excluding hydrogens is 522 g/mol. The van der Waals surface area contributed by atoms with Gasteiger partial charge in [0.15, 0.2) is 0 Å². The van der Waals surface area contributed by atoms with Crippen LogP contribution < -0.4 is 5.32 Å². The number of rotatable bonds is 6. The summed E-state index contributed by atoms with van der Waals surface area (Å²) in [6.07, 6.45) is 3.63. The average molecular weight is 561 g/mol. The fourth-order valence-corrected chi connectivity index (χ4v) is 5.32. The molecule has 2 heterocycles. The van der Waals surface area contributed by atoms with Gasteiger partial charge in [0.2, 0.25) is 0 Å². The molecular formula is C30H38F2N2O6. The second-order valence-electron chi connectivity index (χ2n) is 10.1. The lowest BCUT2D eigenvalue weighted by Gasteiger charge is -2.37. The summed E-state index contributed by atoms with van der Waals surface area (Å²) in [5.41, 5.74) is 1.99. The number of amides is 1. The monoisotopic (exact) mass is 560 g/mol. The van der Waals surface area contributed by atoms with E-state index in [-0.39, 0.29) is 47.5 Å². The Morgan fingerprint density at radius 3 is 1.82 bits per heavy atom. The first-order valence-electron chi connectivity index (χ1n) is 13.5. The number of hydrogen-bond donors (Lipinski definition) is 1. The van der Waals surface area contributed by atoms with Gasteiger partial charge in [-0.15, -0.1) is 0 Å². The number of nitrogens with one attached hydrogen (secondary N) is 1. The second kappa shape index (κ2) is 15.3. The van der Waals surface area contributed by atoms with Crippen molar-refractivity contribution in [2.45, 2.75) is 50.6 Å². The Kier molecular flexibility index (Phi) is 11.9. The van der Waals surface area contributed by atoms with Crippen LogP contribution in [0.5, 0.6) is 0 Å². The van der Waals surface area contributed by atoms with E-state index in [1.807, 2.05) is 0 Å². The van der Waals surface area contributed by atoms with E-state index in [1.54, 1.807) is 29.2 Å². The summed E-state index contributed by atoms with van der Waals surface area (Å²) in [4.78, 5) is 36.8. The number of halogens is 2. The molecule has 2 aromatic rings. The van der Waals surface area contributed by atoms with E-state index in [4.69, 9.17) is 14.2 Å². The average Bonchev–Trinajstić information content (AvgIpc) is 2.98. The number of methoxy groups -OCH3 is 3. The van der Waals surface area contributed by atoms with Crippen LogP contribution in [0.2, 0.25) is 0 Å². The first-order valence-corrected chi connectivity index (χ1v) is 13.5. The highest BCUT2D eigenvalue weighted by Gasteiger charge is 2.35. The van der Waals surface area contributed by atoms with Crippen molar-refractivity contribution in [2.24, 2.45) is 11.8 Å². The molecule has 10 heteroatoms. The van der Waals surface area contributed by atoms with Crippen molar-refractivity contribution in [3.63, 3.8) is 0 Å². The molecule has 2 fully saturated rings. The SMILES string of the molecule is COC(=O)C1CCN(C(=O)OC)C(Cc2ccc(F)cc2)C1.COC(=O)C1CCNC(Cc2ccc(F)cc2)C1. The zero-order valence-electron chi connectivity index (χ0n) is 23.2. The van der Waals surface area contributed by atoms with Gasteiger partial charge in [-0.3, -0.25) is 9.59 Å². The normalized spacial score (nSPS) is 22.4. The van der Waals surface area contributed by atoms with E-state index in [9.17, 15) is 23.2 Å². The quantitative estimate of drug-likeness (QED) is 0.416. The Hall–Kier alpha value is -3.53. The van der Waals surface area contributed by atoms with Crippen LogP contribution in [-0.4, -0.2) is 69.4 Å². The summed E-state index contributed by atoms with van der Waals surface area (Å²) in [7, 11) is 4.13. The summed E-state index contributed by atoms with van der Waals surface area (Å²) >= 11 is 0. The number of likely N-dealkylation sites (tertiary alicyclic amines) is 1. The Morgan fingerprint density at radius 1 is 0.775 bits per heavy atom. The maximum absolute atomic E-state index is 13.0. The van der Waals surface area contributed by atoms with Gasteiger partial charge in [-0.2, -0.15) is 0 Å². The standard InChI is InChI=1S/C16H20FNO4.C14H18FNO2/c1-21-15(19)12-7-8-18(16(20)22-2)14(10-12)9-11-3-5-13(17)6-4-11;1-18-14(17)11-6-7-16-13(9-11)8-10-2-4-12(15)5-3-10/h3-6,12,14H,7-10H2,1-2H3;2-5,11,13,16H,6-9H2,1H3. The van der Waals surface area contributed by atoms with Crippen molar-refractivity contribution in [3.05, 3.63) is 71.3 Å². The van der Waals surface area contributed by atoms with Gasteiger partial charge in [0.1, 0.15) is 11.6 Å². The molecule has 2 aliphatic rings. The lowest BCUT2D eigenvalue weighted by Crippen LogP contribution is -2.48. The van der Waals surface area contributed by atoms with Gasteiger partial charge in [-0.05, 0) is 80.5 Å². The molecule has 218 valence electrons. The summed E-state index contributed by atoms with van der Waals surface area (Å²) in [6.45, 7) is 1.27. The largest absolute Gasteiger partial charge is 0.469 e. The van der Waals surface area contributed by atoms with Gasteiger partial charge < -0.3 is 24.4 Å². The molecule has 2 saturated heterocycles. The van der Waals surface area contributed by atoms with Crippen LogP contribution in [-0.2, 0) is 36.6 Å². The fourth-order valence-electron chi connectivity index (χ4n) is 5.32. The number of hydrogen-bond acceptors (Lipinski definition) is 7. The zero-order valence-corrected chi connectivity index (χ0v) is 23.2. The van der Waals surface area contributed by atoms with Crippen LogP contribution in [0.1, 0.15) is 36.8 Å². The minimum atomic E-state index is -0.407. The fraction of sp³-hybridized carbons (Fsp3) is 0.500. The van der Waals surface area contributed by atoms with Crippen LogP contribution in [0.15, 0.2) is 48.5 Å². The molecule has 2 aliphatic heterocycles. The van der Waals surface area contributed by atoms with Crippen LogP contribution in [0, 0.1) is 23.5 Å². The lowest BCUT2D eigenvalue weighted by atomic mass is 9.88. The highest BCUT2D eigenvalue weighted by atomic mass is 19.1. The molecule has 0 aliphatic carbocycles. The van der Waals surface area contributed by atoms with Crippen LogP contribution in [0.25, 0.3) is 0 Å². The molecule has 4 rings (SSSR count). The van der Waals surface area contributed by atoms with Crippen molar-refractivity contribution in [3.8, 4) is 0 Å². The first-order chi connectivity index (χ1) is 19.2. The Morgan fingerprint density at radius 2 is 1.30 bits per heavy atom. The van der Waals surface area contributed by atoms with Crippen molar-refractivity contribution in [2.75, 3.05) is 34.4 Å². The number of benzene rings is 2. The number of nitrogens with zero attached hydrogens (tertiary/aromatic N) is 1. The van der Waals surface area contributed by atoms with Gasteiger partial charge in [0.05, 0.1) is 33.2 Å². The molecule has 1 amide bonds. The van der Waals surface area contributed by atoms with Crippen molar-refractivity contribution >= 4 is 18.0 Å². The maximum Gasteiger partial charge on any atom is 0.409 e. The molecule has 1 N–H and O–H groups in total. The summed E-state index contributed by atoms with van der Waals surface area (Å²) in [5, 5.41) is 3.39. The highest BCUT2D eigenvalue weighted by Crippen LogP contribution is 2.27. The third kappa shape index (κ3) is 9.01. The molecule has 0 radical (unpaired) electrons. The van der Waals surface area contributed by atoms with Crippen molar-refractivity contribution in [1.82, 2.24) is 10.2 Å². The van der Waals surface area contributed by atoms with Gasteiger partial charge in [0, 0.05) is 18.6 Å². The lowest BCUT2D eigenvalue weighted by molar-refractivity contribution is -0.148. The third-order valence-electron chi connectivity index (χ3n) is 7.47. The Balaban J connectivity index is 0.000000225. The summed E-state index contributed by atoms with van der Waals surface area (Å²) in [5.74, 6) is -1.14. The molecule has 8 nitrogen and oxygen atoms in total. The molecule has 0 spiro atoms. The van der Waals surface area contributed by atoms with Crippen LogP contribution in [0.4, 0.5) is 13.6 Å². The minimum absolute atomic E-state index is 0.0123. The van der Waals surface area contributed by atoms with Gasteiger partial charge in [-0.25, -0.2) is 13.6 Å². The number of piperidine rings is 2. The molecule has 0 saturated carbocycles. The maximum atomic E-state index is 13.0. The van der Waals surface area contributed by atoms with E-state index in [0.29, 0.717) is 25.8 Å². The Bertz CT molecular complexity index is 1110. The van der Waals surface area contributed by atoms with Gasteiger partial charge in [0.25, 0.3) is 0 Å². The molecule has 4 unspecified atom stereocenters. The predicted molar refractivity (Wildman–Crippen MR) is 144 cm³/mol. The zero-order chi connectivity index (χ0) is 29.1. The van der Waals surface area contributed by atoms with E-state index in [0.717, 1.165) is 36.9 Å². The topological polar surface area (TPSA) is 94.2 Å². The highest BCUT2D eigenvalue weighted by molar-refractivity contribution is 5.74. The van der Waals surface area contributed by atoms with E-state index >= 15 is 0 Å². The smallest absolute Gasteiger partial charge is 0.409 e. The van der Waals surface area contributed by atoms with Crippen molar-refractivity contribution < 1.29 is 37.4 Å². The van der Waals surface area contributed by atoms with Crippen LogP contribution >= 0.6 is 0 Å². The Labute approximate surface area is 234 Å². The van der Waals surface area contributed by atoms with Crippen LogP contribution in [0.3, 0.4) is 0 Å². The second-order valence-corrected chi connectivity index (χ2v) is 10.1. The number of esters is 2. The van der Waals surface area contributed by atoms with E-state index < -0.39 is 6.09 Å². The molecule has 2 aromatic carbocycles. The molecule has 40 heavy (non-hydrogen) atoms. The number of ether oxygens (including phenoxy) is 3. The number of carbonyl (C=O) groups excluding carboxylic acids is 3. The van der Waals surface area contributed by atoms with E-state index in [1.165, 1.54) is 45.6 Å². The van der Waals surface area contributed by atoms with Gasteiger partial charge in [-0.1, -0.05) is 24.3 Å². The van der Waals surface area contributed by atoms with E-state index in [2.05, 4.69) is 5.32 Å². The summed E-state index contributed by atoms with van der Waals surface area (Å²) < 4.78 is 40.2. The van der Waals surface area contributed by atoms with Crippen molar-refractivity contribution in [1.29, 1.82) is 0 Å². The molecule has 0 bridgehead atoms. The molecule has 0 aromatic heterocycles. The first kappa shape index (κ1) is 31.0. The summed E-state index contributed by atoms with van der Waals surface area (Å²) in [6, 6.07) is 12.8. The number of carbonyl (C=O) groups is 3. The molecule has 4 atom stereocenters. The third-order valence-corrected chi connectivity index (χ3v) is 7.47. The van der Waals surface area contributed by atoms with Gasteiger partial charge >= 0.3 is 18.0 Å². The minimum Gasteiger partial charge on any atom is -0.469 e. The predicted octanol–water partition coefficient (Wildman–Crippen LogP) is 4.30.